The molecule has 4 aromatic rings. The largest absolute Gasteiger partial charge is 0.444 e. The number of nitrogens with zero attached hydrogens (tertiary/aromatic N) is 4. The Balaban J connectivity index is 1.52. The van der Waals surface area contributed by atoms with Gasteiger partial charge in [0.05, 0.1) is 18.6 Å². The zero-order chi connectivity index (χ0) is 15.6. The average molecular weight is 306 g/mol. The van der Waals surface area contributed by atoms with Gasteiger partial charge in [-0.05, 0) is 19.1 Å². The molecule has 3 heterocycles. The first-order valence-corrected chi connectivity index (χ1v) is 7.19. The number of nitrogens with one attached hydrogen (secondary N) is 2. The van der Waals surface area contributed by atoms with Crippen LogP contribution in [-0.4, -0.2) is 24.9 Å². The quantitative estimate of drug-likeness (QED) is 0.602. The Morgan fingerprint density at radius 2 is 2.00 bits per heavy atom. The lowest BCUT2D eigenvalue weighted by molar-refractivity contribution is 0.573. The first-order valence-electron chi connectivity index (χ1n) is 7.19. The molecule has 7 nitrogen and oxygen atoms in total. The lowest BCUT2D eigenvalue weighted by atomic mass is 10.1. The van der Waals surface area contributed by atoms with E-state index in [-0.39, 0.29) is 0 Å². The summed E-state index contributed by atoms with van der Waals surface area (Å²) < 4.78 is 5.55. The van der Waals surface area contributed by atoms with E-state index >= 15 is 0 Å². The molecule has 0 radical (unpaired) electrons. The molecule has 4 rings (SSSR count). The van der Waals surface area contributed by atoms with Gasteiger partial charge in [-0.2, -0.15) is 0 Å². The molecular weight excluding hydrogens is 292 g/mol. The Labute approximate surface area is 131 Å². The third-order valence-corrected chi connectivity index (χ3v) is 3.51. The van der Waals surface area contributed by atoms with Crippen molar-refractivity contribution >= 4 is 17.0 Å². The highest BCUT2D eigenvalue weighted by Crippen LogP contribution is 2.20. The number of hydrogen-bond donors (Lipinski definition) is 2. The number of imidazole rings is 1. The molecule has 0 aliphatic carbocycles. The smallest absolute Gasteiger partial charge is 0.226 e. The minimum Gasteiger partial charge on any atom is -0.444 e. The van der Waals surface area contributed by atoms with Crippen LogP contribution in [0.1, 0.15) is 11.3 Å². The van der Waals surface area contributed by atoms with Crippen LogP contribution in [0.15, 0.2) is 47.6 Å². The van der Waals surface area contributed by atoms with Crippen molar-refractivity contribution in [1.82, 2.24) is 24.9 Å². The highest BCUT2D eigenvalue weighted by Gasteiger charge is 2.09. The van der Waals surface area contributed by atoms with Crippen molar-refractivity contribution in [3.63, 3.8) is 0 Å². The maximum absolute atomic E-state index is 5.55. The van der Waals surface area contributed by atoms with Gasteiger partial charge in [0.15, 0.2) is 11.5 Å². The van der Waals surface area contributed by atoms with Crippen molar-refractivity contribution < 1.29 is 4.42 Å². The number of aromatic nitrogens is 5. The molecule has 0 aliphatic heterocycles. The van der Waals surface area contributed by atoms with Crippen LogP contribution in [0.5, 0.6) is 0 Å². The fourth-order valence-corrected chi connectivity index (χ4v) is 2.29. The number of aromatic amines is 1. The van der Waals surface area contributed by atoms with E-state index in [0.717, 1.165) is 16.8 Å². The lowest BCUT2D eigenvalue weighted by Gasteiger charge is -2.02. The van der Waals surface area contributed by atoms with Gasteiger partial charge in [0.2, 0.25) is 5.89 Å². The van der Waals surface area contributed by atoms with E-state index < -0.39 is 0 Å². The van der Waals surface area contributed by atoms with E-state index in [0.29, 0.717) is 23.9 Å². The van der Waals surface area contributed by atoms with Gasteiger partial charge in [0.25, 0.3) is 0 Å². The fourth-order valence-electron chi connectivity index (χ4n) is 2.29. The molecule has 1 aromatic carbocycles. The van der Waals surface area contributed by atoms with E-state index in [1.165, 1.54) is 11.9 Å². The molecular formula is C16H14N6O. The Kier molecular flexibility index (Phi) is 3.23. The molecule has 3 aromatic heterocycles. The number of rotatable bonds is 4. The number of anilines is 1. The van der Waals surface area contributed by atoms with E-state index in [1.807, 2.05) is 31.2 Å². The van der Waals surface area contributed by atoms with Crippen LogP contribution in [0, 0.1) is 6.92 Å². The van der Waals surface area contributed by atoms with Crippen LogP contribution in [0.2, 0.25) is 0 Å². The van der Waals surface area contributed by atoms with Gasteiger partial charge in [0.1, 0.15) is 18.1 Å². The van der Waals surface area contributed by atoms with Gasteiger partial charge in [-0.25, -0.2) is 19.9 Å². The second kappa shape index (κ2) is 5.53. The van der Waals surface area contributed by atoms with E-state index in [4.69, 9.17) is 4.42 Å². The molecule has 0 unspecified atom stereocenters. The normalized spacial score (nSPS) is 11.0. The molecule has 2 N–H and O–H groups in total. The summed E-state index contributed by atoms with van der Waals surface area (Å²) in [5.41, 5.74) is 4.36. The molecule has 0 atom stereocenters. The fraction of sp³-hybridized carbons (Fsp3) is 0.125. The molecule has 7 heteroatoms. The van der Waals surface area contributed by atoms with Gasteiger partial charge >= 0.3 is 0 Å². The summed E-state index contributed by atoms with van der Waals surface area (Å²) in [7, 11) is 0. The highest BCUT2D eigenvalue weighted by atomic mass is 16.3. The van der Waals surface area contributed by atoms with Gasteiger partial charge in [0, 0.05) is 5.56 Å². The van der Waals surface area contributed by atoms with Crippen LogP contribution in [0.25, 0.3) is 22.6 Å². The van der Waals surface area contributed by atoms with Crippen LogP contribution >= 0.6 is 0 Å². The number of fused-ring (bicyclic) bond motifs is 1. The standard InChI is InChI=1S/C16H14N6O/c1-10-2-4-11(5-3-10)16-22-12(7-23-16)6-17-14-13-15(19-8-18-13)21-9-20-14/h2-5,7-9H,6H2,1H3,(H2,17,18,19,20,21). The minimum absolute atomic E-state index is 0.500. The van der Waals surface area contributed by atoms with Crippen LogP contribution < -0.4 is 5.32 Å². The summed E-state index contributed by atoms with van der Waals surface area (Å²) in [4.78, 5) is 19.9. The van der Waals surface area contributed by atoms with Crippen molar-refractivity contribution in [1.29, 1.82) is 0 Å². The van der Waals surface area contributed by atoms with Crippen LogP contribution in [0.4, 0.5) is 5.82 Å². The van der Waals surface area contributed by atoms with Crippen molar-refractivity contribution in [3.05, 3.63) is 54.4 Å². The van der Waals surface area contributed by atoms with Crippen molar-refractivity contribution in [2.24, 2.45) is 0 Å². The second-order valence-corrected chi connectivity index (χ2v) is 5.19. The monoisotopic (exact) mass is 306 g/mol. The zero-order valence-corrected chi connectivity index (χ0v) is 12.4. The summed E-state index contributed by atoms with van der Waals surface area (Å²) in [6, 6.07) is 8.06. The van der Waals surface area contributed by atoms with Crippen molar-refractivity contribution in [2.45, 2.75) is 13.5 Å². The summed E-state index contributed by atoms with van der Waals surface area (Å²) in [5, 5.41) is 3.22. The maximum atomic E-state index is 5.55. The van der Waals surface area contributed by atoms with Gasteiger partial charge in [-0.15, -0.1) is 0 Å². The molecule has 0 saturated carbocycles. The SMILES string of the molecule is Cc1ccc(-c2nc(CNc3ncnc4nc[nH]c34)co2)cc1. The Hall–Kier alpha value is -3.22. The van der Waals surface area contributed by atoms with Gasteiger partial charge < -0.3 is 14.7 Å². The number of aryl methyl sites for hydroxylation is 1. The molecule has 0 bridgehead atoms. The lowest BCUT2D eigenvalue weighted by Crippen LogP contribution is -2.02. The van der Waals surface area contributed by atoms with E-state index in [1.54, 1.807) is 12.6 Å². The molecule has 0 spiro atoms. The number of hydrogen-bond acceptors (Lipinski definition) is 6. The Morgan fingerprint density at radius 3 is 2.87 bits per heavy atom. The van der Waals surface area contributed by atoms with E-state index in [9.17, 15) is 0 Å². The van der Waals surface area contributed by atoms with Crippen LogP contribution in [-0.2, 0) is 6.54 Å². The highest BCUT2D eigenvalue weighted by molar-refractivity contribution is 5.81. The second-order valence-electron chi connectivity index (χ2n) is 5.19. The van der Waals surface area contributed by atoms with Gasteiger partial charge in [-0.1, -0.05) is 17.7 Å². The van der Waals surface area contributed by atoms with E-state index in [2.05, 4.69) is 30.2 Å². The Bertz CT molecular complexity index is 941. The minimum atomic E-state index is 0.500. The molecule has 0 saturated heterocycles. The zero-order valence-electron chi connectivity index (χ0n) is 12.4. The first-order chi connectivity index (χ1) is 11.3. The number of benzene rings is 1. The van der Waals surface area contributed by atoms with Crippen molar-refractivity contribution in [3.8, 4) is 11.5 Å². The average Bonchev–Trinajstić information content (AvgIpc) is 3.23. The maximum Gasteiger partial charge on any atom is 0.226 e. The molecule has 0 aliphatic rings. The Morgan fingerprint density at radius 1 is 1.13 bits per heavy atom. The number of oxazole rings is 1. The topological polar surface area (TPSA) is 92.5 Å². The molecule has 114 valence electrons. The summed E-state index contributed by atoms with van der Waals surface area (Å²) in [5.74, 6) is 1.29. The summed E-state index contributed by atoms with van der Waals surface area (Å²) in [6.45, 7) is 2.55. The van der Waals surface area contributed by atoms with Crippen LogP contribution in [0.3, 0.4) is 0 Å². The number of H-pyrrole nitrogens is 1. The summed E-state index contributed by atoms with van der Waals surface area (Å²) in [6.07, 6.45) is 4.72. The third-order valence-electron chi connectivity index (χ3n) is 3.51. The first kappa shape index (κ1) is 13.4. The third kappa shape index (κ3) is 2.64. The molecule has 0 amide bonds. The van der Waals surface area contributed by atoms with Crippen molar-refractivity contribution in [2.75, 3.05) is 5.32 Å². The summed E-state index contributed by atoms with van der Waals surface area (Å²) >= 11 is 0. The molecule has 23 heavy (non-hydrogen) atoms. The predicted molar refractivity (Wildman–Crippen MR) is 85.7 cm³/mol. The molecule has 0 fully saturated rings. The van der Waals surface area contributed by atoms with Gasteiger partial charge in [-0.3, -0.25) is 0 Å². The predicted octanol–water partition coefficient (Wildman–Crippen LogP) is 2.93.